The highest BCUT2D eigenvalue weighted by Gasteiger charge is 2.09. The molecule has 4 aromatic rings. The predicted molar refractivity (Wildman–Crippen MR) is 135 cm³/mol. The third-order valence-electron chi connectivity index (χ3n) is 5.45. The molecule has 0 radical (unpaired) electrons. The van der Waals surface area contributed by atoms with Crippen LogP contribution in [0.25, 0.3) is 16.9 Å². The minimum atomic E-state index is 0.112. The van der Waals surface area contributed by atoms with Crippen molar-refractivity contribution in [3.63, 3.8) is 0 Å². The average Bonchev–Trinajstić information content (AvgIpc) is 3.29. The molecule has 0 atom stereocenters. The molecule has 0 saturated carbocycles. The summed E-state index contributed by atoms with van der Waals surface area (Å²) in [4.78, 5) is 25.1. The van der Waals surface area contributed by atoms with E-state index in [4.69, 9.17) is 4.74 Å². The van der Waals surface area contributed by atoms with Crippen molar-refractivity contribution in [3.8, 4) is 17.2 Å². The van der Waals surface area contributed by atoms with Crippen molar-refractivity contribution in [1.29, 1.82) is 0 Å². The highest BCUT2D eigenvalue weighted by Crippen LogP contribution is 2.22. The van der Waals surface area contributed by atoms with Gasteiger partial charge >= 0.3 is 0 Å². The fourth-order valence-corrected chi connectivity index (χ4v) is 3.51. The molecule has 1 amide bonds. The Kier molecular flexibility index (Phi) is 8.11. The number of nitrogens with one attached hydrogen (secondary N) is 2. The summed E-state index contributed by atoms with van der Waals surface area (Å²) in [5.74, 6) is 1.52. The van der Waals surface area contributed by atoms with Gasteiger partial charge in [0.05, 0.1) is 12.8 Å². The van der Waals surface area contributed by atoms with Crippen LogP contribution in [0.4, 0.5) is 11.6 Å². The number of nitrogens with zero attached hydrogens (tertiary/aromatic N) is 4. The SMILES string of the molecule is CCCCNC(=O)CCCCOc1ccc(-n2cnc3cnc(Nc4ccc(O)cc4)nc32)cc1. The van der Waals surface area contributed by atoms with Crippen LogP contribution in [0.5, 0.6) is 11.5 Å². The van der Waals surface area contributed by atoms with Crippen LogP contribution in [-0.4, -0.2) is 43.7 Å². The Morgan fingerprint density at radius 3 is 2.60 bits per heavy atom. The van der Waals surface area contributed by atoms with E-state index in [9.17, 15) is 9.90 Å². The number of ether oxygens (including phenoxy) is 1. The van der Waals surface area contributed by atoms with Crippen molar-refractivity contribution >= 4 is 28.7 Å². The molecule has 182 valence electrons. The first-order valence-corrected chi connectivity index (χ1v) is 11.9. The van der Waals surface area contributed by atoms with E-state index in [0.29, 0.717) is 30.1 Å². The van der Waals surface area contributed by atoms with Gasteiger partial charge in [-0.15, -0.1) is 0 Å². The van der Waals surface area contributed by atoms with E-state index < -0.39 is 0 Å². The zero-order valence-corrected chi connectivity index (χ0v) is 19.8. The Hall–Kier alpha value is -4.14. The molecule has 0 aliphatic rings. The van der Waals surface area contributed by atoms with Crippen molar-refractivity contribution in [2.24, 2.45) is 0 Å². The van der Waals surface area contributed by atoms with Crippen LogP contribution in [0.15, 0.2) is 61.1 Å². The Morgan fingerprint density at radius 1 is 1.03 bits per heavy atom. The number of phenolic OH excluding ortho intramolecular Hbond substituents is 1. The fraction of sp³-hybridized carbons (Fsp3) is 0.308. The number of aromatic nitrogens is 4. The molecule has 0 aliphatic carbocycles. The Bertz CT molecular complexity index is 1240. The summed E-state index contributed by atoms with van der Waals surface area (Å²) in [5.41, 5.74) is 3.03. The number of fused-ring (bicyclic) bond motifs is 1. The number of carbonyl (C=O) groups is 1. The topological polar surface area (TPSA) is 114 Å². The minimum Gasteiger partial charge on any atom is -0.508 e. The Balaban J connectivity index is 1.32. The first-order chi connectivity index (χ1) is 17.1. The second-order valence-corrected chi connectivity index (χ2v) is 8.19. The number of benzene rings is 2. The van der Waals surface area contributed by atoms with Gasteiger partial charge < -0.3 is 20.5 Å². The summed E-state index contributed by atoms with van der Waals surface area (Å²) in [7, 11) is 0. The van der Waals surface area contributed by atoms with Crippen molar-refractivity contribution in [2.45, 2.75) is 39.0 Å². The monoisotopic (exact) mass is 474 g/mol. The van der Waals surface area contributed by atoms with Gasteiger partial charge in [-0.05, 0) is 67.8 Å². The minimum absolute atomic E-state index is 0.112. The van der Waals surface area contributed by atoms with Gasteiger partial charge in [-0.2, -0.15) is 4.98 Å². The van der Waals surface area contributed by atoms with Crippen LogP contribution in [0.3, 0.4) is 0 Å². The third kappa shape index (κ3) is 6.69. The van der Waals surface area contributed by atoms with E-state index >= 15 is 0 Å². The number of rotatable bonds is 12. The number of unbranched alkanes of at least 4 members (excludes halogenated alkanes) is 2. The van der Waals surface area contributed by atoms with Gasteiger partial charge in [0.2, 0.25) is 11.9 Å². The molecular weight excluding hydrogens is 444 g/mol. The van der Waals surface area contributed by atoms with Gasteiger partial charge in [-0.3, -0.25) is 9.36 Å². The average molecular weight is 475 g/mol. The highest BCUT2D eigenvalue weighted by atomic mass is 16.5. The molecule has 0 unspecified atom stereocenters. The molecule has 4 rings (SSSR count). The number of carbonyl (C=O) groups excluding carboxylic acids is 1. The van der Waals surface area contributed by atoms with Crippen molar-refractivity contribution in [2.75, 3.05) is 18.5 Å². The molecule has 0 fully saturated rings. The summed E-state index contributed by atoms with van der Waals surface area (Å²) in [5, 5.41) is 15.5. The maximum Gasteiger partial charge on any atom is 0.229 e. The largest absolute Gasteiger partial charge is 0.508 e. The van der Waals surface area contributed by atoms with E-state index in [1.54, 1.807) is 36.8 Å². The maximum absolute atomic E-state index is 11.7. The second-order valence-electron chi connectivity index (χ2n) is 8.19. The molecular formula is C26H30N6O3. The first-order valence-electron chi connectivity index (χ1n) is 11.9. The molecule has 0 spiro atoms. The lowest BCUT2D eigenvalue weighted by Gasteiger charge is -2.09. The lowest BCUT2D eigenvalue weighted by molar-refractivity contribution is -0.121. The molecule has 9 nitrogen and oxygen atoms in total. The van der Waals surface area contributed by atoms with Crippen molar-refractivity contribution < 1.29 is 14.6 Å². The smallest absolute Gasteiger partial charge is 0.229 e. The summed E-state index contributed by atoms with van der Waals surface area (Å²) in [6.07, 6.45) is 7.64. The van der Waals surface area contributed by atoms with Gasteiger partial charge in [0, 0.05) is 24.3 Å². The maximum atomic E-state index is 11.7. The molecule has 0 saturated heterocycles. The van der Waals surface area contributed by atoms with Gasteiger partial charge in [0.15, 0.2) is 5.65 Å². The Labute approximate surface area is 204 Å². The highest BCUT2D eigenvalue weighted by molar-refractivity contribution is 5.75. The van der Waals surface area contributed by atoms with Gasteiger partial charge in [-0.1, -0.05) is 13.3 Å². The summed E-state index contributed by atoms with van der Waals surface area (Å²) < 4.78 is 7.72. The number of phenols is 1. The first kappa shape index (κ1) is 24.0. The molecule has 2 aromatic heterocycles. The second kappa shape index (κ2) is 11.8. The van der Waals surface area contributed by atoms with Crippen LogP contribution in [0.2, 0.25) is 0 Å². The molecule has 9 heteroatoms. The molecule has 35 heavy (non-hydrogen) atoms. The zero-order valence-electron chi connectivity index (χ0n) is 19.8. The van der Waals surface area contributed by atoms with E-state index in [1.165, 1.54) is 0 Å². The lowest BCUT2D eigenvalue weighted by atomic mass is 10.2. The van der Waals surface area contributed by atoms with Crippen LogP contribution in [-0.2, 0) is 4.79 Å². The van der Waals surface area contributed by atoms with E-state index in [-0.39, 0.29) is 11.7 Å². The van der Waals surface area contributed by atoms with Gasteiger partial charge in [0.1, 0.15) is 23.3 Å². The van der Waals surface area contributed by atoms with Crippen LogP contribution in [0, 0.1) is 0 Å². The predicted octanol–water partition coefficient (Wildman–Crippen LogP) is 4.73. The summed E-state index contributed by atoms with van der Waals surface area (Å²) in [6.45, 7) is 3.43. The summed E-state index contributed by atoms with van der Waals surface area (Å²) in [6, 6.07) is 14.4. The normalized spacial score (nSPS) is 10.9. The number of anilines is 2. The van der Waals surface area contributed by atoms with Gasteiger partial charge in [-0.25, -0.2) is 9.97 Å². The lowest BCUT2D eigenvalue weighted by Crippen LogP contribution is -2.23. The summed E-state index contributed by atoms with van der Waals surface area (Å²) >= 11 is 0. The van der Waals surface area contributed by atoms with Crippen molar-refractivity contribution in [1.82, 2.24) is 24.8 Å². The van der Waals surface area contributed by atoms with Crippen LogP contribution in [0.1, 0.15) is 39.0 Å². The molecule has 0 bridgehead atoms. The standard InChI is InChI=1S/C26H30N6O3/c1-2-3-15-27-24(34)6-4-5-16-35-22-13-9-20(10-14-22)32-18-29-23-17-28-26(31-25(23)32)30-19-7-11-21(33)12-8-19/h7-14,17-18,33H,2-6,15-16H2,1H3,(H,27,34)(H,28,30,31). The number of imidazole rings is 1. The van der Waals surface area contributed by atoms with E-state index in [2.05, 4.69) is 32.5 Å². The molecule has 0 aliphatic heterocycles. The Morgan fingerprint density at radius 2 is 1.83 bits per heavy atom. The van der Waals surface area contributed by atoms with Crippen LogP contribution >= 0.6 is 0 Å². The third-order valence-corrected chi connectivity index (χ3v) is 5.45. The molecule has 2 heterocycles. The number of hydrogen-bond acceptors (Lipinski definition) is 7. The molecule has 2 aromatic carbocycles. The zero-order chi connectivity index (χ0) is 24.5. The number of hydrogen-bond donors (Lipinski definition) is 3. The number of amides is 1. The molecule has 3 N–H and O–H groups in total. The fourth-order valence-electron chi connectivity index (χ4n) is 3.51. The van der Waals surface area contributed by atoms with E-state index in [0.717, 1.165) is 49.4 Å². The van der Waals surface area contributed by atoms with Gasteiger partial charge in [0.25, 0.3) is 0 Å². The number of aromatic hydroxyl groups is 1. The van der Waals surface area contributed by atoms with Crippen molar-refractivity contribution in [3.05, 3.63) is 61.1 Å². The van der Waals surface area contributed by atoms with E-state index in [1.807, 2.05) is 28.8 Å². The van der Waals surface area contributed by atoms with Crippen LogP contribution < -0.4 is 15.4 Å². The quantitative estimate of drug-likeness (QED) is 0.201.